The first-order valence-corrected chi connectivity index (χ1v) is 8.63. The summed E-state index contributed by atoms with van der Waals surface area (Å²) in [7, 11) is 2.26. The monoisotopic (exact) mass is 262 g/mol. The molecule has 4 bridgehead atoms. The van der Waals surface area contributed by atoms with Crippen molar-refractivity contribution in [3.63, 3.8) is 0 Å². The molecule has 0 unspecified atom stereocenters. The first-order chi connectivity index (χ1) is 9.21. The van der Waals surface area contributed by atoms with Crippen LogP contribution < -0.4 is 5.32 Å². The summed E-state index contributed by atoms with van der Waals surface area (Å²) in [5.74, 6) is 3.31. The minimum Gasteiger partial charge on any atom is -0.313 e. The maximum atomic E-state index is 3.97. The maximum absolute atomic E-state index is 3.97. The molecule has 19 heavy (non-hydrogen) atoms. The number of nitrogens with one attached hydrogen (secondary N) is 1. The normalized spacial score (nSPS) is 46.9. The highest BCUT2D eigenvalue weighted by molar-refractivity contribution is 5.02. The van der Waals surface area contributed by atoms with E-state index in [1.807, 2.05) is 0 Å². The Morgan fingerprint density at radius 2 is 1.47 bits per heavy atom. The third-order valence-electron chi connectivity index (χ3n) is 6.65. The second kappa shape index (κ2) is 4.73. The summed E-state index contributed by atoms with van der Waals surface area (Å²) in [5.41, 5.74) is 0.720. The molecule has 1 heterocycles. The summed E-state index contributed by atoms with van der Waals surface area (Å²) in [4.78, 5) is 2.48. The summed E-state index contributed by atoms with van der Waals surface area (Å²) in [6, 6.07) is 0.809. The zero-order valence-corrected chi connectivity index (χ0v) is 12.5. The van der Waals surface area contributed by atoms with Crippen LogP contribution in [0.25, 0.3) is 0 Å². The van der Waals surface area contributed by atoms with Crippen molar-refractivity contribution in [1.82, 2.24) is 10.2 Å². The van der Waals surface area contributed by atoms with E-state index in [4.69, 9.17) is 0 Å². The van der Waals surface area contributed by atoms with E-state index in [-0.39, 0.29) is 0 Å². The molecule has 108 valence electrons. The van der Waals surface area contributed by atoms with Gasteiger partial charge in [0.25, 0.3) is 0 Å². The Labute approximate surface area is 118 Å². The predicted octanol–water partition coefficient (Wildman–Crippen LogP) is 2.89. The Bertz CT molecular complexity index is 295. The van der Waals surface area contributed by atoms with Crippen molar-refractivity contribution in [3.05, 3.63) is 0 Å². The van der Waals surface area contributed by atoms with Gasteiger partial charge in [0.1, 0.15) is 0 Å². The lowest BCUT2D eigenvalue weighted by Gasteiger charge is -2.57. The molecule has 5 aliphatic rings. The minimum atomic E-state index is 0.720. The molecular weight excluding hydrogens is 232 g/mol. The Morgan fingerprint density at radius 3 is 2.00 bits per heavy atom. The highest BCUT2D eigenvalue weighted by atomic mass is 15.1. The van der Waals surface area contributed by atoms with Crippen LogP contribution in [0.5, 0.6) is 0 Å². The Balaban J connectivity index is 1.35. The second-order valence-corrected chi connectivity index (χ2v) is 8.38. The first-order valence-electron chi connectivity index (χ1n) is 8.63. The molecule has 0 amide bonds. The van der Waals surface area contributed by atoms with Crippen LogP contribution in [0, 0.1) is 23.2 Å². The van der Waals surface area contributed by atoms with Crippen LogP contribution in [0.2, 0.25) is 0 Å². The van der Waals surface area contributed by atoms with Crippen LogP contribution >= 0.6 is 0 Å². The smallest absolute Gasteiger partial charge is 0.00916 e. The number of likely N-dealkylation sites (tertiary alicyclic amines) is 1. The average Bonchev–Trinajstić information content (AvgIpc) is 2.36. The molecule has 1 saturated heterocycles. The number of nitrogens with zero attached hydrogens (tertiary/aromatic N) is 1. The van der Waals surface area contributed by atoms with E-state index in [2.05, 4.69) is 17.3 Å². The highest BCUT2D eigenvalue weighted by Crippen LogP contribution is 2.59. The van der Waals surface area contributed by atoms with Crippen LogP contribution in [0.15, 0.2) is 0 Å². The van der Waals surface area contributed by atoms with E-state index in [1.54, 1.807) is 38.5 Å². The number of hydrogen-bond acceptors (Lipinski definition) is 2. The topological polar surface area (TPSA) is 15.3 Å². The van der Waals surface area contributed by atoms with E-state index in [9.17, 15) is 0 Å². The van der Waals surface area contributed by atoms with Crippen molar-refractivity contribution in [1.29, 1.82) is 0 Å². The largest absolute Gasteiger partial charge is 0.313 e. The number of piperidine rings is 1. The van der Waals surface area contributed by atoms with E-state index in [0.717, 1.165) is 29.2 Å². The van der Waals surface area contributed by atoms with Gasteiger partial charge in [0, 0.05) is 12.6 Å². The zero-order valence-electron chi connectivity index (χ0n) is 12.5. The molecule has 0 radical (unpaired) electrons. The van der Waals surface area contributed by atoms with Gasteiger partial charge in [-0.2, -0.15) is 0 Å². The third-order valence-corrected chi connectivity index (χ3v) is 6.65. The Kier molecular flexibility index (Phi) is 3.15. The van der Waals surface area contributed by atoms with Gasteiger partial charge >= 0.3 is 0 Å². The van der Waals surface area contributed by atoms with Crippen molar-refractivity contribution in [3.8, 4) is 0 Å². The maximum Gasteiger partial charge on any atom is 0.00916 e. The molecule has 4 aliphatic carbocycles. The molecule has 0 atom stereocenters. The zero-order chi connectivity index (χ0) is 12.9. The molecule has 2 nitrogen and oxygen atoms in total. The fourth-order valence-corrected chi connectivity index (χ4v) is 6.08. The van der Waals surface area contributed by atoms with Crippen LogP contribution in [0.3, 0.4) is 0 Å². The molecule has 2 heteroatoms. The molecule has 0 aromatic heterocycles. The lowest BCUT2D eigenvalue weighted by atomic mass is 9.49. The number of hydrogen-bond donors (Lipinski definition) is 1. The fraction of sp³-hybridized carbons (Fsp3) is 1.00. The molecule has 5 rings (SSSR count). The van der Waals surface area contributed by atoms with Gasteiger partial charge in [0.2, 0.25) is 0 Å². The van der Waals surface area contributed by atoms with Crippen molar-refractivity contribution >= 4 is 0 Å². The van der Waals surface area contributed by atoms with Gasteiger partial charge in [-0.05, 0) is 94.7 Å². The van der Waals surface area contributed by atoms with E-state index in [1.165, 1.54) is 32.5 Å². The summed E-state index contributed by atoms with van der Waals surface area (Å²) in [6.07, 6.45) is 12.1. The van der Waals surface area contributed by atoms with Crippen molar-refractivity contribution in [2.45, 2.75) is 57.4 Å². The molecule has 0 aromatic rings. The lowest BCUT2D eigenvalue weighted by molar-refractivity contribution is -0.0531. The van der Waals surface area contributed by atoms with E-state index < -0.39 is 0 Å². The molecule has 1 aliphatic heterocycles. The van der Waals surface area contributed by atoms with E-state index in [0.29, 0.717) is 0 Å². The third kappa shape index (κ3) is 2.47. The SMILES string of the molecule is CN1CCC(NCC23CC4CC(CC(C4)C2)C3)CC1. The van der Waals surface area contributed by atoms with Gasteiger partial charge in [-0.3, -0.25) is 0 Å². The molecular formula is C17H30N2. The Morgan fingerprint density at radius 1 is 0.947 bits per heavy atom. The fourth-order valence-electron chi connectivity index (χ4n) is 6.08. The van der Waals surface area contributed by atoms with Gasteiger partial charge in [0.15, 0.2) is 0 Å². The van der Waals surface area contributed by atoms with Crippen molar-refractivity contribution < 1.29 is 0 Å². The van der Waals surface area contributed by atoms with E-state index >= 15 is 0 Å². The van der Waals surface area contributed by atoms with Gasteiger partial charge in [-0.1, -0.05) is 0 Å². The second-order valence-electron chi connectivity index (χ2n) is 8.38. The van der Waals surface area contributed by atoms with Gasteiger partial charge in [-0.15, -0.1) is 0 Å². The lowest BCUT2D eigenvalue weighted by Crippen LogP contribution is -2.52. The molecule has 1 N–H and O–H groups in total. The molecule has 5 fully saturated rings. The van der Waals surface area contributed by atoms with Crippen LogP contribution in [-0.4, -0.2) is 37.6 Å². The first kappa shape index (κ1) is 12.6. The van der Waals surface area contributed by atoms with Crippen LogP contribution in [0.1, 0.15) is 51.4 Å². The van der Waals surface area contributed by atoms with Crippen molar-refractivity contribution in [2.24, 2.45) is 23.2 Å². The quantitative estimate of drug-likeness (QED) is 0.841. The minimum absolute atomic E-state index is 0.720. The number of rotatable bonds is 3. The predicted molar refractivity (Wildman–Crippen MR) is 79.1 cm³/mol. The molecule has 0 aromatic carbocycles. The van der Waals surface area contributed by atoms with Crippen LogP contribution in [-0.2, 0) is 0 Å². The van der Waals surface area contributed by atoms with Crippen LogP contribution in [0.4, 0.5) is 0 Å². The molecule has 0 spiro atoms. The summed E-state index contributed by atoms with van der Waals surface area (Å²) in [5, 5.41) is 3.97. The van der Waals surface area contributed by atoms with Gasteiger partial charge in [0.05, 0.1) is 0 Å². The molecule has 4 saturated carbocycles. The Hall–Kier alpha value is -0.0800. The van der Waals surface area contributed by atoms with Gasteiger partial charge in [-0.25, -0.2) is 0 Å². The summed E-state index contributed by atoms with van der Waals surface area (Å²) < 4.78 is 0. The standard InChI is InChI=1S/C17H30N2/c1-19-4-2-16(3-5-19)18-12-17-9-13-6-14(10-17)8-15(7-13)11-17/h13-16,18H,2-12H2,1H3. The van der Waals surface area contributed by atoms with Crippen molar-refractivity contribution in [2.75, 3.05) is 26.7 Å². The summed E-state index contributed by atoms with van der Waals surface area (Å²) in [6.45, 7) is 3.92. The summed E-state index contributed by atoms with van der Waals surface area (Å²) >= 11 is 0. The van der Waals surface area contributed by atoms with Gasteiger partial charge < -0.3 is 10.2 Å². The highest BCUT2D eigenvalue weighted by Gasteiger charge is 2.50. The average molecular weight is 262 g/mol.